The number of amides is 3. The van der Waals surface area contributed by atoms with Gasteiger partial charge in [0.25, 0.3) is 0 Å². The maximum Gasteiger partial charge on any atom is 0.246 e. The molecule has 3 amide bonds. The molecule has 1 aromatic carbocycles. The van der Waals surface area contributed by atoms with E-state index in [1.54, 1.807) is 4.90 Å². The van der Waals surface area contributed by atoms with Gasteiger partial charge in [-0.2, -0.15) is 0 Å². The topological polar surface area (TPSA) is 87.7 Å². The van der Waals surface area contributed by atoms with E-state index in [4.69, 9.17) is 4.74 Å². The number of benzene rings is 1. The molecule has 3 unspecified atom stereocenters. The summed E-state index contributed by atoms with van der Waals surface area (Å²) in [7, 11) is 0. The molecular formula is C25H28BrN3O4. The summed E-state index contributed by atoms with van der Waals surface area (Å²) < 4.78 is 7.29. The molecule has 2 bridgehead atoms. The summed E-state index contributed by atoms with van der Waals surface area (Å²) in [6, 6.07) is 6.84. The van der Waals surface area contributed by atoms with Crippen molar-refractivity contribution in [3.63, 3.8) is 0 Å². The van der Waals surface area contributed by atoms with Crippen molar-refractivity contribution in [1.82, 2.24) is 10.2 Å². The van der Waals surface area contributed by atoms with Crippen LogP contribution < -0.4 is 10.6 Å². The predicted octanol–water partition coefficient (Wildman–Crippen LogP) is 3.15. The van der Waals surface area contributed by atoms with Crippen LogP contribution in [0.5, 0.6) is 0 Å². The van der Waals surface area contributed by atoms with Gasteiger partial charge < -0.3 is 20.3 Å². The molecule has 4 fully saturated rings. The number of nitrogens with one attached hydrogen (secondary N) is 2. The number of halogens is 1. The van der Waals surface area contributed by atoms with Gasteiger partial charge in [0, 0.05) is 22.2 Å². The zero-order valence-corrected chi connectivity index (χ0v) is 19.9. The van der Waals surface area contributed by atoms with Crippen LogP contribution in [0.1, 0.15) is 44.9 Å². The Bertz CT molecular complexity index is 1020. The van der Waals surface area contributed by atoms with E-state index < -0.39 is 29.6 Å². The van der Waals surface area contributed by atoms with Crippen LogP contribution >= 0.6 is 15.9 Å². The lowest BCUT2D eigenvalue weighted by molar-refractivity contribution is -0.142. The van der Waals surface area contributed by atoms with Crippen molar-refractivity contribution in [2.45, 2.75) is 74.8 Å². The predicted molar refractivity (Wildman–Crippen MR) is 125 cm³/mol. The van der Waals surface area contributed by atoms with Gasteiger partial charge in [-0.3, -0.25) is 14.4 Å². The van der Waals surface area contributed by atoms with Crippen molar-refractivity contribution < 1.29 is 19.1 Å². The van der Waals surface area contributed by atoms with E-state index in [9.17, 15) is 14.4 Å². The number of hydrogen-bond donors (Lipinski definition) is 2. The summed E-state index contributed by atoms with van der Waals surface area (Å²) >= 11 is 3.40. The van der Waals surface area contributed by atoms with Crippen molar-refractivity contribution >= 4 is 39.3 Å². The third kappa shape index (κ3) is 3.44. The van der Waals surface area contributed by atoms with Crippen molar-refractivity contribution in [3.05, 3.63) is 40.9 Å². The first-order chi connectivity index (χ1) is 16.0. The van der Waals surface area contributed by atoms with E-state index >= 15 is 0 Å². The minimum atomic E-state index is -1.06. The third-order valence-electron chi connectivity index (χ3n) is 7.87. The molecule has 2 N–H and O–H groups in total. The largest absolute Gasteiger partial charge is 0.359 e. The van der Waals surface area contributed by atoms with Crippen LogP contribution in [-0.4, -0.2) is 52.5 Å². The fourth-order valence-electron chi connectivity index (χ4n) is 6.24. The molecule has 6 rings (SSSR count). The van der Waals surface area contributed by atoms with Crippen LogP contribution in [0.3, 0.4) is 0 Å². The first kappa shape index (κ1) is 21.4. The summed E-state index contributed by atoms with van der Waals surface area (Å²) in [5, 5.41) is 6.17. The Labute approximate surface area is 201 Å². The van der Waals surface area contributed by atoms with Gasteiger partial charge in [-0.25, -0.2) is 0 Å². The Kier molecular flexibility index (Phi) is 5.14. The Morgan fingerprint density at radius 2 is 1.76 bits per heavy atom. The highest BCUT2D eigenvalue weighted by Crippen LogP contribution is 2.57. The lowest BCUT2D eigenvalue weighted by atomic mass is 9.74. The normalized spacial score (nSPS) is 35.1. The standard InChI is InChI=1S/C25H28BrN3O4/c26-14-6-8-16(9-7-14)27-22(30)19-18-12-13-25(33-18)20(19)24(32)29(17-10-11-17)21(25)23(31)28-15-4-2-1-3-5-15/h6-9,12-13,15,17-21H,1-5,10-11H2,(H,27,30)(H,28,31)/t18-,19?,20-,21?,25?/m1/s1. The number of hydrogen-bond acceptors (Lipinski definition) is 4. The maximum absolute atomic E-state index is 13.7. The van der Waals surface area contributed by atoms with E-state index in [-0.39, 0.29) is 29.8 Å². The molecule has 5 aliphatic rings. The summed E-state index contributed by atoms with van der Waals surface area (Å²) in [5.41, 5.74) is -0.398. The SMILES string of the molecule is O=C(Nc1ccc(Br)cc1)C1[C@H]2C=CC3(O2)C(C(=O)NC2CCCCC2)N(C2CC2)C(=O)[C@@H]13. The van der Waals surface area contributed by atoms with E-state index in [2.05, 4.69) is 26.6 Å². The number of anilines is 1. The molecule has 1 aromatic rings. The second kappa shape index (κ2) is 7.94. The van der Waals surface area contributed by atoms with Crippen LogP contribution in [-0.2, 0) is 19.1 Å². The molecule has 3 aliphatic heterocycles. The van der Waals surface area contributed by atoms with Crippen LogP contribution in [0.15, 0.2) is 40.9 Å². The maximum atomic E-state index is 13.7. The van der Waals surface area contributed by atoms with E-state index in [1.807, 2.05) is 36.4 Å². The van der Waals surface area contributed by atoms with Gasteiger partial charge in [-0.1, -0.05) is 47.3 Å². The van der Waals surface area contributed by atoms with Gasteiger partial charge in [-0.15, -0.1) is 0 Å². The molecule has 5 atom stereocenters. The number of fused-ring (bicyclic) bond motifs is 1. The first-order valence-corrected chi connectivity index (χ1v) is 12.8. The quantitative estimate of drug-likeness (QED) is 0.592. The number of likely N-dealkylation sites (tertiary alicyclic amines) is 1. The van der Waals surface area contributed by atoms with Crippen molar-refractivity contribution in [2.24, 2.45) is 11.8 Å². The number of ether oxygens (including phenoxy) is 1. The zero-order chi connectivity index (χ0) is 22.7. The monoisotopic (exact) mass is 513 g/mol. The van der Waals surface area contributed by atoms with Crippen molar-refractivity contribution in [2.75, 3.05) is 5.32 Å². The molecule has 33 heavy (non-hydrogen) atoms. The number of carbonyl (C=O) groups excluding carboxylic acids is 3. The molecule has 8 heteroatoms. The fraction of sp³-hybridized carbons (Fsp3) is 0.560. The molecule has 1 spiro atoms. The molecule has 2 aliphatic carbocycles. The number of carbonyl (C=O) groups is 3. The summed E-state index contributed by atoms with van der Waals surface area (Å²) in [5.74, 6) is -1.82. The molecule has 174 valence electrons. The van der Waals surface area contributed by atoms with Gasteiger partial charge in [0.2, 0.25) is 17.7 Å². The Hall–Kier alpha value is -2.19. The van der Waals surface area contributed by atoms with Crippen LogP contribution in [0, 0.1) is 11.8 Å². The van der Waals surface area contributed by atoms with Crippen LogP contribution in [0.4, 0.5) is 5.69 Å². The zero-order valence-electron chi connectivity index (χ0n) is 18.3. The van der Waals surface area contributed by atoms with Gasteiger partial charge in [-0.05, 0) is 49.9 Å². The molecule has 0 aromatic heterocycles. The number of nitrogens with zero attached hydrogens (tertiary/aromatic N) is 1. The Morgan fingerprint density at radius 1 is 1.03 bits per heavy atom. The van der Waals surface area contributed by atoms with E-state index in [0.29, 0.717) is 5.69 Å². The number of rotatable bonds is 5. The third-order valence-corrected chi connectivity index (χ3v) is 8.40. The average Bonchev–Trinajstić information content (AvgIpc) is 3.40. The second-order valence-electron chi connectivity index (χ2n) is 10.0. The lowest BCUT2D eigenvalue weighted by Gasteiger charge is -2.34. The molecule has 2 saturated carbocycles. The highest BCUT2D eigenvalue weighted by Gasteiger charge is 2.74. The minimum Gasteiger partial charge on any atom is -0.359 e. The molecular weight excluding hydrogens is 486 g/mol. The van der Waals surface area contributed by atoms with Gasteiger partial charge in [0.05, 0.1) is 17.9 Å². The lowest BCUT2D eigenvalue weighted by Crippen LogP contribution is -2.57. The highest BCUT2D eigenvalue weighted by atomic mass is 79.9. The van der Waals surface area contributed by atoms with E-state index in [0.717, 1.165) is 43.0 Å². The van der Waals surface area contributed by atoms with Crippen molar-refractivity contribution in [3.8, 4) is 0 Å². The van der Waals surface area contributed by atoms with Crippen LogP contribution in [0.2, 0.25) is 0 Å². The Balaban J connectivity index is 1.29. The molecule has 0 radical (unpaired) electrons. The molecule has 2 saturated heterocycles. The second-order valence-corrected chi connectivity index (χ2v) is 10.9. The smallest absolute Gasteiger partial charge is 0.246 e. The average molecular weight is 514 g/mol. The van der Waals surface area contributed by atoms with Gasteiger partial charge in [0.15, 0.2) is 0 Å². The van der Waals surface area contributed by atoms with Gasteiger partial charge >= 0.3 is 0 Å². The minimum absolute atomic E-state index is 0.0609. The van der Waals surface area contributed by atoms with Gasteiger partial charge in [0.1, 0.15) is 11.6 Å². The highest BCUT2D eigenvalue weighted by molar-refractivity contribution is 9.10. The summed E-state index contributed by atoms with van der Waals surface area (Å²) in [4.78, 5) is 42.4. The first-order valence-electron chi connectivity index (χ1n) is 12.0. The Morgan fingerprint density at radius 3 is 2.45 bits per heavy atom. The molecule has 3 heterocycles. The van der Waals surface area contributed by atoms with E-state index in [1.165, 1.54) is 6.42 Å². The molecule has 7 nitrogen and oxygen atoms in total. The summed E-state index contributed by atoms with van der Waals surface area (Å²) in [6.07, 6.45) is 10.4. The van der Waals surface area contributed by atoms with Crippen molar-refractivity contribution in [1.29, 1.82) is 0 Å². The fourth-order valence-corrected chi connectivity index (χ4v) is 6.50. The summed E-state index contributed by atoms with van der Waals surface area (Å²) in [6.45, 7) is 0. The van der Waals surface area contributed by atoms with Crippen LogP contribution in [0.25, 0.3) is 0 Å².